The van der Waals surface area contributed by atoms with Crippen molar-refractivity contribution in [2.75, 3.05) is 5.75 Å². The molecule has 0 saturated carbocycles. The van der Waals surface area contributed by atoms with Gasteiger partial charge < -0.3 is 15.5 Å². The molecule has 0 radical (unpaired) electrons. The van der Waals surface area contributed by atoms with Gasteiger partial charge >= 0.3 is 0 Å². The van der Waals surface area contributed by atoms with Crippen LogP contribution < -0.4 is 5.32 Å². The zero-order chi connectivity index (χ0) is 28.5. The van der Waals surface area contributed by atoms with E-state index in [0.717, 1.165) is 38.5 Å². The fourth-order valence-electron chi connectivity index (χ4n) is 4.63. The second-order valence-electron chi connectivity index (χ2n) is 10.9. The third-order valence-corrected chi connectivity index (χ3v) is 7.85. The molecule has 0 aromatic heterocycles. The van der Waals surface area contributed by atoms with Crippen molar-refractivity contribution < 1.29 is 28.0 Å². The molecule has 0 bridgehead atoms. The van der Waals surface area contributed by atoms with Crippen LogP contribution in [0.25, 0.3) is 0 Å². The molecule has 0 aliphatic rings. The summed E-state index contributed by atoms with van der Waals surface area (Å²) < 4.78 is 32.1. The lowest BCUT2D eigenvalue weighted by Crippen LogP contribution is -2.50. The zero-order valence-corrected chi connectivity index (χ0v) is 25.2. The SMILES string of the molecule is CCCCCCCCCCCC/C=C/C(O)C(CS(=O)(=O)O)NC(=O)C(O)CCCCCCCCCCC. The summed E-state index contributed by atoms with van der Waals surface area (Å²) in [6.45, 7) is 4.42. The van der Waals surface area contributed by atoms with Crippen molar-refractivity contribution in [1.29, 1.82) is 0 Å². The Morgan fingerprint density at radius 2 is 1.13 bits per heavy atom. The molecule has 0 rings (SSSR count). The van der Waals surface area contributed by atoms with Crippen molar-refractivity contribution in [3.05, 3.63) is 12.2 Å². The summed E-state index contributed by atoms with van der Waals surface area (Å²) in [5, 5.41) is 23.1. The van der Waals surface area contributed by atoms with Gasteiger partial charge in [0.25, 0.3) is 10.1 Å². The van der Waals surface area contributed by atoms with E-state index in [9.17, 15) is 28.0 Å². The second kappa shape index (κ2) is 25.0. The van der Waals surface area contributed by atoms with Crippen LogP contribution in [0.2, 0.25) is 0 Å². The van der Waals surface area contributed by atoms with Crippen LogP contribution in [0.15, 0.2) is 12.2 Å². The van der Waals surface area contributed by atoms with Crippen molar-refractivity contribution in [3.8, 4) is 0 Å². The molecule has 8 heteroatoms. The first-order valence-electron chi connectivity index (χ1n) is 15.5. The Labute approximate surface area is 234 Å². The highest BCUT2D eigenvalue weighted by Crippen LogP contribution is 2.13. The molecule has 3 unspecified atom stereocenters. The maximum Gasteiger partial charge on any atom is 0.267 e. The highest BCUT2D eigenvalue weighted by molar-refractivity contribution is 7.85. The Hall–Kier alpha value is -0.960. The lowest BCUT2D eigenvalue weighted by Gasteiger charge is -2.22. The van der Waals surface area contributed by atoms with E-state index < -0.39 is 40.0 Å². The van der Waals surface area contributed by atoms with Crippen molar-refractivity contribution >= 4 is 16.0 Å². The van der Waals surface area contributed by atoms with Crippen LogP contribution in [-0.2, 0) is 14.9 Å². The third kappa shape index (κ3) is 24.1. The number of unbranched alkanes of at least 4 members (excludes halogenated alkanes) is 18. The van der Waals surface area contributed by atoms with Crippen LogP contribution in [0, 0.1) is 0 Å². The summed E-state index contributed by atoms with van der Waals surface area (Å²) in [4.78, 5) is 12.4. The number of aliphatic hydroxyl groups excluding tert-OH is 2. The van der Waals surface area contributed by atoms with Crippen LogP contribution in [-0.4, -0.2) is 53.1 Å². The monoisotopic (exact) mass is 561 g/mol. The van der Waals surface area contributed by atoms with E-state index in [1.165, 1.54) is 89.5 Å². The Bertz CT molecular complexity index is 682. The van der Waals surface area contributed by atoms with Crippen molar-refractivity contribution in [2.24, 2.45) is 0 Å². The van der Waals surface area contributed by atoms with E-state index >= 15 is 0 Å². The van der Waals surface area contributed by atoms with E-state index in [0.29, 0.717) is 6.42 Å². The Kier molecular flexibility index (Phi) is 24.4. The first kappa shape index (κ1) is 37.0. The standard InChI is InChI=1S/C30H59NO6S/c1-3-5-7-9-11-13-14-15-17-18-20-22-24-28(32)27(26-38(35,36)37)31-30(34)29(33)25-23-21-19-16-12-10-8-6-4-2/h22,24,27-29,32-33H,3-21,23,25-26H2,1-2H3,(H,31,34)(H,35,36,37)/b24-22+. The quantitative estimate of drug-likeness (QED) is 0.0493. The lowest BCUT2D eigenvalue weighted by molar-refractivity contribution is -0.130. The molecule has 0 aromatic rings. The van der Waals surface area contributed by atoms with Crippen molar-refractivity contribution in [3.63, 3.8) is 0 Å². The summed E-state index contributed by atoms with van der Waals surface area (Å²) in [5.41, 5.74) is 0. The lowest BCUT2D eigenvalue weighted by atomic mass is 10.0. The molecule has 0 heterocycles. The second-order valence-corrected chi connectivity index (χ2v) is 12.4. The number of amides is 1. The number of rotatable bonds is 27. The molecule has 0 aliphatic carbocycles. The van der Waals surface area contributed by atoms with Gasteiger partial charge in [-0.1, -0.05) is 142 Å². The molecular weight excluding hydrogens is 502 g/mol. The van der Waals surface area contributed by atoms with E-state index in [4.69, 9.17) is 0 Å². The predicted molar refractivity (Wildman–Crippen MR) is 158 cm³/mol. The summed E-state index contributed by atoms with van der Waals surface area (Å²) >= 11 is 0. The molecule has 0 spiro atoms. The molecule has 0 aliphatic heterocycles. The van der Waals surface area contributed by atoms with Gasteiger partial charge in [0.15, 0.2) is 0 Å². The predicted octanol–water partition coefficient (Wildman–Crippen LogP) is 6.87. The summed E-state index contributed by atoms with van der Waals surface area (Å²) in [6, 6.07) is -1.22. The highest BCUT2D eigenvalue weighted by Gasteiger charge is 2.27. The summed E-state index contributed by atoms with van der Waals surface area (Å²) in [6.07, 6.45) is 24.2. The highest BCUT2D eigenvalue weighted by atomic mass is 32.2. The molecule has 0 aromatic carbocycles. The van der Waals surface area contributed by atoms with Gasteiger partial charge in [0, 0.05) is 0 Å². The number of hydrogen-bond acceptors (Lipinski definition) is 5. The molecule has 38 heavy (non-hydrogen) atoms. The Balaban J connectivity index is 4.26. The van der Waals surface area contributed by atoms with Crippen molar-refractivity contribution in [1.82, 2.24) is 5.32 Å². The van der Waals surface area contributed by atoms with E-state index in [1.54, 1.807) is 6.08 Å². The summed E-state index contributed by atoms with van der Waals surface area (Å²) in [5.74, 6) is -1.53. The van der Waals surface area contributed by atoms with Crippen LogP contribution in [0.1, 0.15) is 149 Å². The number of hydrogen-bond donors (Lipinski definition) is 4. The molecular formula is C30H59NO6S. The number of aliphatic hydroxyl groups is 2. The number of allylic oxidation sites excluding steroid dienone is 1. The van der Waals surface area contributed by atoms with Gasteiger partial charge in [0.05, 0.1) is 17.9 Å². The largest absolute Gasteiger partial charge is 0.387 e. The van der Waals surface area contributed by atoms with Crippen LogP contribution in [0.5, 0.6) is 0 Å². The fraction of sp³-hybridized carbons (Fsp3) is 0.900. The Morgan fingerprint density at radius 3 is 1.58 bits per heavy atom. The van der Waals surface area contributed by atoms with Gasteiger partial charge in [-0.15, -0.1) is 0 Å². The van der Waals surface area contributed by atoms with Crippen LogP contribution >= 0.6 is 0 Å². The maximum atomic E-state index is 12.4. The number of nitrogens with one attached hydrogen (secondary N) is 1. The van der Waals surface area contributed by atoms with E-state index in [2.05, 4.69) is 19.2 Å². The molecule has 7 nitrogen and oxygen atoms in total. The first-order chi connectivity index (χ1) is 18.2. The Morgan fingerprint density at radius 1 is 0.711 bits per heavy atom. The minimum atomic E-state index is -4.42. The molecule has 3 atom stereocenters. The zero-order valence-electron chi connectivity index (χ0n) is 24.4. The fourth-order valence-corrected chi connectivity index (χ4v) is 5.36. The number of carbonyl (C=O) groups excluding carboxylic acids is 1. The van der Waals surface area contributed by atoms with Crippen LogP contribution in [0.4, 0.5) is 0 Å². The van der Waals surface area contributed by atoms with E-state index in [1.807, 2.05) is 0 Å². The molecule has 1 amide bonds. The van der Waals surface area contributed by atoms with Gasteiger partial charge in [0.2, 0.25) is 5.91 Å². The molecule has 4 N–H and O–H groups in total. The third-order valence-electron chi connectivity index (χ3n) is 7.07. The minimum absolute atomic E-state index is 0.283. The molecule has 0 saturated heterocycles. The number of carbonyl (C=O) groups is 1. The van der Waals surface area contributed by atoms with Crippen LogP contribution in [0.3, 0.4) is 0 Å². The van der Waals surface area contributed by atoms with Gasteiger partial charge in [-0.3, -0.25) is 9.35 Å². The van der Waals surface area contributed by atoms with Gasteiger partial charge in [0.1, 0.15) is 6.10 Å². The molecule has 226 valence electrons. The van der Waals surface area contributed by atoms with Gasteiger partial charge in [-0.05, 0) is 19.3 Å². The van der Waals surface area contributed by atoms with Crippen molar-refractivity contribution in [2.45, 2.75) is 167 Å². The maximum absolute atomic E-state index is 12.4. The van der Waals surface area contributed by atoms with E-state index in [-0.39, 0.29) is 6.42 Å². The van der Waals surface area contributed by atoms with Gasteiger partial charge in [-0.25, -0.2) is 0 Å². The average Bonchev–Trinajstić information content (AvgIpc) is 2.86. The summed E-state index contributed by atoms with van der Waals surface area (Å²) in [7, 11) is -4.42. The molecule has 0 fully saturated rings. The normalized spacial score (nSPS) is 14.6. The average molecular weight is 562 g/mol. The topological polar surface area (TPSA) is 124 Å². The minimum Gasteiger partial charge on any atom is -0.387 e. The smallest absolute Gasteiger partial charge is 0.267 e. The van der Waals surface area contributed by atoms with Gasteiger partial charge in [-0.2, -0.15) is 8.42 Å². The first-order valence-corrected chi connectivity index (χ1v) is 17.1.